The number of aryl methyl sites for hydroxylation is 1. The van der Waals surface area contributed by atoms with Gasteiger partial charge in [0.25, 0.3) is 0 Å². The Morgan fingerprint density at radius 1 is 1.47 bits per heavy atom. The Balaban J connectivity index is 3.11. The average molecular weight is 232 g/mol. The number of aliphatic imine (C=N–C) groups is 1. The lowest BCUT2D eigenvalue weighted by Crippen LogP contribution is -2.35. The van der Waals surface area contributed by atoms with Crippen molar-refractivity contribution in [2.24, 2.45) is 4.99 Å². The molecule has 0 aromatic heterocycles. The second-order valence-electron chi connectivity index (χ2n) is 4.08. The quantitative estimate of drug-likeness (QED) is 0.492. The lowest BCUT2D eigenvalue weighted by atomic mass is 9.97. The van der Waals surface area contributed by atoms with Crippen molar-refractivity contribution in [3.63, 3.8) is 0 Å². The molecule has 1 unspecified atom stereocenters. The second kappa shape index (κ2) is 5.58. The normalized spacial score (nSPS) is 15.1. The molecule has 4 heteroatoms. The number of nitriles is 1. The molecule has 0 aliphatic rings. The molecule has 0 fully saturated rings. The Labute approximate surface area is 101 Å². The van der Waals surface area contributed by atoms with Gasteiger partial charge in [-0.2, -0.15) is 5.26 Å². The Morgan fingerprint density at radius 2 is 2.06 bits per heavy atom. The van der Waals surface area contributed by atoms with Crippen LogP contribution in [0.3, 0.4) is 0 Å². The van der Waals surface area contributed by atoms with E-state index in [4.69, 9.17) is 10.5 Å². The summed E-state index contributed by atoms with van der Waals surface area (Å²) in [5, 5.41) is 17.9. The van der Waals surface area contributed by atoms with Crippen molar-refractivity contribution in [3.8, 4) is 6.07 Å². The summed E-state index contributed by atoms with van der Waals surface area (Å²) in [6.07, 6.45) is 0.460. The van der Waals surface area contributed by atoms with Crippen LogP contribution in [0.15, 0.2) is 29.3 Å². The SMILES string of the molecule is CCC(C)(OO)C(C#N)=Nc1ccc(C)cc1. The molecule has 0 saturated heterocycles. The first-order chi connectivity index (χ1) is 8.05. The van der Waals surface area contributed by atoms with Crippen LogP contribution >= 0.6 is 0 Å². The van der Waals surface area contributed by atoms with Crippen LogP contribution in [0.2, 0.25) is 0 Å². The second-order valence-corrected chi connectivity index (χ2v) is 4.08. The van der Waals surface area contributed by atoms with Crippen LogP contribution in [0.25, 0.3) is 0 Å². The Kier molecular flexibility index (Phi) is 4.38. The van der Waals surface area contributed by atoms with Gasteiger partial charge in [0.05, 0.1) is 5.69 Å². The number of benzene rings is 1. The zero-order chi connectivity index (χ0) is 12.9. The summed E-state index contributed by atoms with van der Waals surface area (Å²) in [7, 11) is 0. The molecule has 0 heterocycles. The zero-order valence-corrected chi connectivity index (χ0v) is 10.3. The van der Waals surface area contributed by atoms with Gasteiger partial charge in [0.2, 0.25) is 0 Å². The summed E-state index contributed by atoms with van der Waals surface area (Å²) in [6.45, 7) is 5.42. The van der Waals surface area contributed by atoms with E-state index in [1.165, 1.54) is 0 Å². The molecule has 0 bridgehead atoms. The number of nitrogens with zero attached hydrogens (tertiary/aromatic N) is 2. The van der Waals surface area contributed by atoms with Gasteiger partial charge < -0.3 is 0 Å². The fourth-order valence-electron chi connectivity index (χ4n) is 1.29. The van der Waals surface area contributed by atoms with Crippen LogP contribution in [-0.4, -0.2) is 16.6 Å². The minimum absolute atomic E-state index is 0.159. The summed E-state index contributed by atoms with van der Waals surface area (Å²) in [5.74, 6) is 0. The van der Waals surface area contributed by atoms with Crippen LogP contribution < -0.4 is 0 Å². The van der Waals surface area contributed by atoms with Crippen LogP contribution in [0, 0.1) is 18.3 Å². The highest BCUT2D eigenvalue weighted by molar-refractivity contribution is 6.06. The highest BCUT2D eigenvalue weighted by atomic mass is 17.1. The first kappa shape index (κ1) is 13.4. The maximum atomic E-state index is 9.07. The molecular weight excluding hydrogens is 216 g/mol. The molecule has 0 aliphatic carbocycles. The summed E-state index contributed by atoms with van der Waals surface area (Å²) in [4.78, 5) is 8.59. The molecule has 0 saturated carbocycles. The van der Waals surface area contributed by atoms with Gasteiger partial charge in [-0.3, -0.25) is 5.26 Å². The van der Waals surface area contributed by atoms with Crippen LogP contribution in [0.5, 0.6) is 0 Å². The standard InChI is InChI=1S/C13H16N2O2/c1-4-13(3,17-16)12(9-14)15-11-7-5-10(2)6-8-11/h5-8,16H,4H2,1-3H3. The largest absolute Gasteiger partial charge is 0.251 e. The fraction of sp³-hybridized carbons (Fsp3) is 0.385. The summed E-state index contributed by atoms with van der Waals surface area (Å²) < 4.78 is 0. The fourth-order valence-corrected chi connectivity index (χ4v) is 1.29. The monoisotopic (exact) mass is 232 g/mol. The maximum Gasteiger partial charge on any atom is 0.153 e. The van der Waals surface area contributed by atoms with Crippen LogP contribution in [0.1, 0.15) is 25.8 Å². The summed E-state index contributed by atoms with van der Waals surface area (Å²) in [5.41, 5.74) is 0.897. The maximum absolute atomic E-state index is 9.07. The third-order valence-corrected chi connectivity index (χ3v) is 2.76. The first-order valence-corrected chi connectivity index (χ1v) is 5.44. The molecule has 1 rings (SSSR count). The van der Waals surface area contributed by atoms with E-state index in [1.807, 2.05) is 44.2 Å². The van der Waals surface area contributed by atoms with Gasteiger partial charge in [-0.25, -0.2) is 9.88 Å². The van der Waals surface area contributed by atoms with Crippen LogP contribution in [-0.2, 0) is 4.89 Å². The van der Waals surface area contributed by atoms with Gasteiger partial charge >= 0.3 is 0 Å². The van der Waals surface area contributed by atoms with Crippen molar-refractivity contribution in [3.05, 3.63) is 29.8 Å². The molecular formula is C13H16N2O2. The van der Waals surface area contributed by atoms with Crippen molar-refractivity contribution in [1.29, 1.82) is 5.26 Å². The minimum Gasteiger partial charge on any atom is -0.251 e. The van der Waals surface area contributed by atoms with E-state index in [9.17, 15) is 0 Å². The molecule has 17 heavy (non-hydrogen) atoms. The van der Waals surface area contributed by atoms with Crippen molar-refractivity contribution >= 4 is 11.4 Å². The minimum atomic E-state index is -1.06. The predicted octanol–water partition coefficient (Wildman–Crippen LogP) is 3.25. The Bertz CT molecular complexity index is 439. The molecule has 1 aromatic carbocycles. The Hall–Kier alpha value is -1.70. The lowest BCUT2D eigenvalue weighted by molar-refractivity contribution is -0.295. The van der Waals surface area contributed by atoms with Gasteiger partial charge in [0.15, 0.2) is 11.3 Å². The molecule has 1 N–H and O–H groups in total. The predicted molar refractivity (Wildman–Crippen MR) is 66.3 cm³/mol. The van der Waals surface area contributed by atoms with E-state index in [2.05, 4.69) is 9.88 Å². The third kappa shape index (κ3) is 3.13. The van der Waals surface area contributed by atoms with Gasteiger partial charge in [-0.1, -0.05) is 24.6 Å². The molecule has 1 atom stereocenters. The van der Waals surface area contributed by atoms with E-state index in [0.717, 1.165) is 5.56 Å². The van der Waals surface area contributed by atoms with Crippen molar-refractivity contribution in [2.75, 3.05) is 0 Å². The van der Waals surface area contributed by atoms with Crippen molar-refractivity contribution in [2.45, 2.75) is 32.8 Å². The summed E-state index contributed by atoms with van der Waals surface area (Å²) in [6, 6.07) is 9.44. The van der Waals surface area contributed by atoms with Crippen LogP contribution in [0.4, 0.5) is 5.69 Å². The van der Waals surface area contributed by atoms with E-state index >= 15 is 0 Å². The number of hydrogen-bond acceptors (Lipinski definition) is 4. The van der Waals surface area contributed by atoms with Gasteiger partial charge in [0.1, 0.15) is 6.07 Å². The lowest BCUT2D eigenvalue weighted by Gasteiger charge is -2.21. The van der Waals surface area contributed by atoms with Gasteiger partial charge in [0, 0.05) is 0 Å². The molecule has 0 radical (unpaired) electrons. The van der Waals surface area contributed by atoms with E-state index in [-0.39, 0.29) is 5.71 Å². The molecule has 90 valence electrons. The first-order valence-electron chi connectivity index (χ1n) is 5.44. The topological polar surface area (TPSA) is 65.6 Å². The molecule has 0 amide bonds. The number of hydrogen-bond donors (Lipinski definition) is 1. The molecule has 4 nitrogen and oxygen atoms in total. The van der Waals surface area contributed by atoms with Gasteiger partial charge in [-0.15, -0.1) is 0 Å². The van der Waals surface area contributed by atoms with E-state index < -0.39 is 5.60 Å². The van der Waals surface area contributed by atoms with Crippen molar-refractivity contribution in [1.82, 2.24) is 0 Å². The van der Waals surface area contributed by atoms with Gasteiger partial charge in [-0.05, 0) is 32.4 Å². The number of rotatable bonds is 4. The van der Waals surface area contributed by atoms with E-state index in [0.29, 0.717) is 12.1 Å². The van der Waals surface area contributed by atoms with E-state index in [1.54, 1.807) is 6.92 Å². The molecule has 1 aromatic rings. The summed E-state index contributed by atoms with van der Waals surface area (Å²) >= 11 is 0. The third-order valence-electron chi connectivity index (χ3n) is 2.76. The molecule has 0 aliphatic heterocycles. The highest BCUT2D eigenvalue weighted by Gasteiger charge is 2.30. The smallest absolute Gasteiger partial charge is 0.153 e. The highest BCUT2D eigenvalue weighted by Crippen LogP contribution is 2.20. The zero-order valence-electron chi connectivity index (χ0n) is 10.3. The average Bonchev–Trinajstić information content (AvgIpc) is 2.37. The molecule has 0 spiro atoms. The Morgan fingerprint density at radius 3 is 2.47 bits per heavy atom. The van der Waals surface area contributed by atoms with Crippen molar-refractivity contribution < 1.29 is 10.1 Å².